The first kappa shape index (κ1) is 16.7. The summed E-state index contributed by atoms with van der Waals surface area (Å²) in [7, 11) is 1.30. The fourth-order valence-corrected chi connectivity index (χ4v) is 2.37. The molecule has 20 heavy (non-hydrogen) atoms. The second kappa shape index (κ2) is 8.05. The van der Waals surface area contributed by atoms with E-state index in [1.54, 1.807) is 12.1 Å². The Labute approximate surface area is 125 Å². The average molecular weight is 297 g/mol. The van der Waals surface area contributed by atoms with Gasteiger partial charge in [-0.25, -0.2) is 4.79 Å². The van der Waals surface area contributed by atoms with Crippen LogP contribution >= 0.6 is 11.6 Å². The van der Waals surface area contributed by atoms with Crippen LogP contribution in [0.5, 0.6) is 0 Å². The third kappa shape index (κ3) is 4.07. The van der Waals surface area contributed by atoms with Crippen LogP contribution in [0.15, 0.2) is 18.2 Å². The van der Waals surface area contributed by atoms with Crippen molar-refractivity contribution in [2.24, 2.45) is 5.92 Å². The van der Waals surface area contributed by atoms with Crippen LogP contribution < -0.4 is 0 Å². The number of carbonyl (C=O) groups excluding carboxylic acids is 2. The summed E-state index contributed by atoms with van der Waals surface area (Å²) in [5, 5.41) is 0.420. The first-order valence-electron chi connectivity index (χ1n) is 6.97. The van der Waals surface area contributed by atoms with Crippen molar-refractivity contribution in [3.8, 4) is 0 Å². The lowest BCUT2D eigenvalue weighted by Crippen LogP contribution is -2.18. The number of ether oxygens (including phenoxy) is 1. The van der Waals surface area contributed by atoms with Gasteiger partial charge in [0, 0.05) is 16.5 Å². The lowest BCUT2D eigenvalue weighted by molar-refractivity contribution is 0.0595. The zero-order valence-electron chi connectivity index (χ0n) is 12.2. The van der Waals surface area contributed by atoms with Gasteiger partial charge >= 0.3 is 5.97 Å². The highest BCUT2D eigenvalue weighted by atomic mass is 35.5. The molecule has 4 heteroatoms. The van der Waals surface area contributed by atoms with Crippen molar-refractivity contribution in [3.05, 3.63) is 34.3 Å². The van der Waals surface area contributed by atoms with Crippen molar-refractivity contribution in [2.75, 3.05) is 7.11 Å². The van der Waals surface area contributed by atoms with E-state index in [2.05, 4.69) is 6.92 Å². The Morgan fingerprint density at radius 1 is 1.25 bits per heavy atom. The predicted molar refractivity (Wildman–Crippen MR) is 80.4 cm³/mol. The Morgan fingerprint density at radius 2 is 1.95 bits per heavy atom. The second-order valence-electron chi connectivity index (χ2n) is 4.79. The van der Waals surface area contributed by atoms with Gasteiger partial charge in [0.25, 0.3) is 0 Å². The normalized spacial score (nSPS) is 12.0. The zero-order chi connectivity index (χ0) is 15.1. The number of rotatable bonds is 7. The molecule has 110 valence electrons. The molecule has 0 saturated carbocycles. The molecule has 0 aromatic heterocycles. The zero-order valence-corrected chi connectivity index (χ0v) is 13.0. The monoisotopic (exact) mass is 296 g/mol. The molecule has 1 aromatic rings. The van der Waals surface area contributed by atoms with Crippen LogP contribution in [-0.4, -0.2) is 18.9 Å². The summed E-state index contributed by atoms with van der Waals surface area (Å²) < 4.78 is 4.73. The summed E-state index contributed by atoms with van der Waals surface area (Å²) in [6.07, 6.45) is 3.66. The number of esters is 1. The van der Waals surface area contributed by atoms with Gasteiger partial charge in [-0.1, -0.05) is 38.3 Å². The Bertz CT molecular complexity index is 483. The highest BCUT2D eigenvalue weighted by Gasteiger charge is 2.23. The standard InChI is InChI=1S/C16H21ClO3/c1-4-6-7-11(5-2)15(18)13-9-8-12(17)10-14(13)16(19)20-3/h8-11H,4-7H2,1-3H3. The van der Waals surface area contributed by atoms with Crippen LogP contribution in [0, 0.1) is 5.92 Å². The van der Waals surface area contributed by atoms with Gasteiger partial charge in [-0.05, 0) is 31.0 Å². The van der Waals surface area contributed by atoms with Gasteiger partial charge < -0.3 is 4.74 Å². The molecule has 1 aromatic carbocycles. The van der Waals surface area contributed by atoms with Crippen LogP contribution in [0.2, 0.25) is 5.02 Å². The van der Waals surface area contributed by atoms with Crippen molar-refractivity contribution in [1.29, 1.82) is 0 Å². The minimum atomic E-state index is -0.527. The van der Waals surface area contributed by atoms with E-state index in [0.717, 1.165) is 25.7 Å². The molecule has 0 spiro atoms. The molecular weight excluding hydrogens is 276 g/mol. The van der Waals surface area contributed by atoms with Crippen molar-refractivity contribution >= 4 is 23.4 Å². The molecule has 1 rings (SSSR count). The van der Waals surface area contributed by atoms with E-state index in [9.17, 15) is 9.59 Å². The number of hydrogen-bond acceptors (Lipinski definition) is 3. The number of Topliss-reactive ketones (excluding diaryl/α,β-unsaturated/α-hetero) is 1. The van der Waals surface area contributed by atoms with Gasteiger partial charge in [0.15, 0.2) is 5.78 Å². The third-order valence-corrected chi connectivity index (χ3v) is 3.66. The molecule has 0 fully saturated rings. The van der Waals surface area contributed by atoms with Crippen LogP contribution in [0.4, 0.5) is 0 Å². The SMILES string of the molecule is CCCCC(CC)C(=O)c1ccc(Cl)cc1C(=O)OC. The average Bonchev–Trinajstić information content (AvgIpc) is 2.46. The Balaban J connectivity index is 3.10. The molecule has 0 N–H and O–H groups in total. The maximum Gasteiger partial charge on any atom is 0.338 e. The van der Waals surface area contributed by atoms with Gasteiger partial charge in [-0.3, -0.25) is 4.79 Å². The van der Waals surface area contributed by atoms with Gasteiger partial charge in [0.05, 0.1) is 12.7 Å². The van der Waals surface area contributed by atoms with Crippen molar-refractivity contribution < 1.29 is 14.3 Å². The number of halogens is 1. The van der Waals surface area contributed by atoms with E-state index in [4.69, 9.17) is 16.3 Å². The Hall–Kier alpha value is -1.35. The molecule has 0 aliphatic carbocycles. The molecule has 0 aliphatic heterocycles. The number of benzene rings is 1. The Kier molecular flexibility index (Phi) is 6.73. The van der Waals surface area contributed by atoms with Gasteiger partial charge in [-0.15, -0.1) is 0 Å². The van der Waals surface area contributed by atoms with Crippen LogP contribution in [0.3, 0.4) is 0 Å². The molecular formula is C16H21ClO3. The first-order valence-corrected chi connectivity index (χ1v) is 7.34. The van der Waals surface area contributed by atoms with Crippen molar-refractivity contribution in [2.45, 2.75) is 39.5 Å². The number of carbonyl (C=O) groups is 2. The fraction of sp³-hybridized carbons (Fsp3) is 0.500. The highest BCUT2D eigenvalue weighted by Crippen LogP contribution is 2.24. The van der Waals surface area contributed by atoms with E-state index < -0.39 is 5.97 Å². The van der Waals surface area contributed by atoms with Crippen molar-refractivity contribution in [3.63, 3.8) is 0 Å². The summed E-state index contributed by atoms with van der Waals surface area (Å²) in [6, 6.07) is 4.74. The Morgan fingerprint density at radius 3 is 2.50 bits per heavy atom. The van der Waals surface area contributed by atoms with E-state index >= 15 is 0 Å². The van der Waals surface area contributed by atoms with Crippen LogP contribution in [0.25, 0.3) is 0 Å². The third-order valence-electron chi connectivity index (χ3n) is 3.42. The van der Waals surface area contributed by atoms with E-state index in [1.165, 1.54) is 13.2 Å². The lowest BCUT2D eigenvalue weighted by Gasteiger charge is -2.15. The van der Waals surface area contributed by atoms with Crippen molar-refractivity contribution in [1.82, 2.24) is 0 Å². The molecule has 0 saturated heterocycles. The number of ketones is 1. The lowest BCUT2D eigenvalue weighted by atomic mass is 9.88. The maximum absolute atomic E-state index is 12.6. The number of hydrogen-bond donors (Lipinski definition) is 0. The number of methoxy groups -OCH3 is 1. The summed E-state index contributed by atoms with van der Waals surface area (Å²) in [6.45, 7) is 4.09. The fourth-order valence-electron chi connectivity index (χ4n) is 2.20. The molecule has 0 aliphatic rings. The summed E-state index contributed by atoms with van der Waals surface area (Å²) >= 11 is 5.90. The molecule has 3 nitrogen and oxygen atoms in total. The van der Waals surface area contributed by atoms with Crippen LogP contribution in [0.1, 0.15) is 60.2 Å². The smallest absolute Gasteiger partial charge is 0.338 e. The summed E-state index contributed by atoms with van der Waals surface area (Å²) in [5.41, 5.74) is 0.657. The van der Waals surface area contributed by atoms with Gasteiger partial charge in [-0.2, -0.15) is 0 Å². The molecule has 0 bridgehead atoms. The van der Waals surface area contributed by atoms with E-state index in [-0.39, 0.29) is 17.3 Å². The van der Waals surface area contributed by atoms with Crippen LogP contribution in [-0.2, 0) is 4.74 Å². The van der Waals surface area contributed by atoms with Gasteiger partial charge in [0.2, 0.25) is 0 Å². The molecule has 0 radical (unpaired) electrons. The maximum atomic E-state index is 12.6. The molecule has 0 heterocycles. The second-order valence-corrected chi connectivity index (χ2v) is 5.23. The predicted octanol–water partition coefficient (Wildman–Crippen LogP) is 4.53. The summed E-state index contributed by atoms with van der Waals surface area (Å²) in [4.78, 5) is 24.4. The first-order chi connectivity index (χ1) is 9.54. The minimum Gasteiger partial charge on any atom is -0.465 e. The quantitative estimate of drug-likeness (QED) is 0.548. The molecule has 1 atom stereocenters. The molecule has 0 amide bonds. The van der Waals surface area contributed by atoms with Gasteiger partial charge in [0.1, 0.15) is 0 Å². The highest BCUT2D eigenvalue weighted by molar-refractivity contribution is 6.31. The topological polar surface area (TPSA) is 43.4 Å². The van der Waals surface area contributed by atoms with E-state index in [1.807, 2.05) is 6.92 Å². The minimum absolute atomic E-state index is 0.00184. The summed E-state index contributed by atoms with van der Waals surface area (Å²) in [5.74, 6) is -0.584. The molecule has 1 unspecified atom stereocenters. The largest absolute Gasteiger partial charge is 0.465 e. The number of unbranched alkanes of at least 4 members (excludes halogenated alkanes) is 1. The van der Waals surface area contributed by atoms with E-state index in [0.29, 0.717) is 10.6 Å².